The van der Waals surface area contributed by atoms with Crippen LogP contribution in [0.1, 0.15) is 11.3 Å². The minimum absolute atomic E-state index is 0.386. The van der Waals surface area contributed by atoms with Gasteiger partial charge in [-0.05, 0) is 17.7 Å². The Hall–Kier alpha value is -1.81. The van der Waals surface area contributed by atoms with Gasteiger partial charge in [-0.25, -0.2) is 9.97 Å². The highest BCUT2D eigenvalue weighted by Crippen LogP contribution is 2.21. The first-order valence-electron chi connectivity index (χ1n) is 5.41. The molecule has 1 heterocycles. The molecule has 0 saturated heterocycles. The van der Waals surface area contributed by atoms with Gasteiger partial charge in [0.2, 0.25) is 0 Å². The van der Waals surface area contributed by atoms with E-state index in [-0.39, 0.29) is 0 Å². The highest BCUT2D eigenvalue weighted by molar-refractivity contribution is 6.30. The summed E-state index contributed by atoms with van der Waals surface area (Å²) in [5, 5.41) is 0.720. The van der Waals surface area contributed by atoms with Crippen molar-refractivity contribution in [3.63, 3.8) is 0 Å². The maximum atomic E-state index is 5.84. The van der Waals surface area contributed by atoms with Crippen LogP contribution in [0.5, 0.6) is 11.8 Å². The lowest BCUT2D eigenvalue weighted by Gasteiger charge is -2.07. The van der Waals surface area contributed by atoms with E-state index in [1.54, 1.807) is 13.3 Å². The molecule has 94 valence electrons. The van der Waals surface area contributed by atoms with Crippen molar-refractivity contribution in [2.75, 3.05) is 14.2 Å². The summed E-state index contributed by atoms with van der Waals surface area (Å²) in [6, 6.07) is 7.62. The van der Waals surface area contributed by atoms with Crippen LogP contribution in [0.25, 0.3) is 0 Å². The van der Waals surface area contributed by atoms with E-state index in [4.69, 9.17) is 21.1 Å². The maximum Gasteiger partial charge on any atom is 0.278 e. The number of aromatic nitrogens is 2. The average molecular weight is 265 g/mol. The summed E-state index contributed by atoms with van der Waals surface area (Å²) in [6.45, 7) is 0. The lowest BCUT2D eigenvalue weighted by atomic mass is 10.1. The van der Waals surface area contributed by atoms with Crippen LogP contribution >= 0.6 is 11.6 Å². The van der Waals surface area contributed by atoms with Crippen molar-refractivity contribution < 1.29 is 9.47 Å². The fourth-order valence-electron chi connectivity index (χ4n) is 1.57. The van der Waals surface area contributed by atoms with Crippen LogP contribution in [0.15, 0.2) is 30.5 Å². The largest absolute Gasteiger partial charge is 0.477 e. The quantitative estimate of drug-likeness (QED) is 0.852. The molecule has 1 aromatic carbocycles. The molecule has 0 N–H and O–H groups in total. The molecule has 0 radical (unpaired) electrons. The molecular formula is C13H13ClN2O2. The Morgan fingerprint density at radius 1 is 1.06 bits per heavy atom. The Kier molecular flexibility index (Phi) is 3.99. The number of rotatable bonds is 4. The van der Waals surface area contributed by atoms with Gasteiger partial charge < -0.3 is 9.47 Å². The lowest BCUT2D eigenvalue weighted by molar-refractivity contribution is 0.330. The minimum Gasteiger partial charge on any atom is -0.477 e. The molecule has 0 amide bonds. The van der Waals surface area contributed by atoms with E-state index in [1.165, 1.54) is 7.11 Å². The molecule has 0 aliphatic carbocycles. The molecule has 18 heavy (non-hydrogen) atoms. The Bertz CT molecular complexity index is 529. The SMILES string of the molecule is COc1ncc(Cc2ccc(Cl)cc2)nc1OC. The van der Waals surface area contributed by atoms with Gasteiger partial charge in [0, 0.05) is 11.4 Å². The summed E-state index contributed by atoms with van der Waals surface area (Å²) in [4.78, 5) is 8.48. The molecule has 0 aliphatic rings. The number of benzene rings is 1. The topological polar surface area (TPSA) is 44.2 Å². The number of halogens is 1. The maximum absolute atomic E-state index is 5.84. The molecule has 4 nitrogen and oxygen atoms in total. The van der Waals surface area contributed by atoms with Crippen LogP contribution in [0, 0.1) is 0 Å². The standard InChI is InChI=1S/C13H13ClN2O2/c1-17-12-13(18-2)16-11(8-15-12)7-9-3-5-10(14)6-4-9/h3-6,8H,7H2,1-2H3. The smallest absolute Gasteiger partial charge is 0.278 e. The fraction of sp³-hybridized carbons (Fsp3) is 0.231. The van der Waals surface area contributed by atoms with Gasteiger partial charge in [0.05, 0.1) is 26.1 Å². The van der Waals surface area contributed by atoms with Crippen molar-refractivity contribution in [2.24, 2.45) is 0 Å². The second kappa shape index (κ2) is 5.69. The third-order valence-electron chi connectivity index (χ3n) is 2.44. The van der Waals surface area contributed by atoms with Gasteiger partial charge in [-0.15, -0.1) is 0 Å². The molecule has 2 aromatic rings. The fourth-order valence-corrected chi connectivity index (χ4v) is 1.69. The van der Waals surface area contributed by atoms with Crippen LogP contribution < -0.4 is 9.47 Å². The minimum atomic E-state index is 0.386. The third kappa shape index (κ3) is 2.90. The zero-order valence-electron chi connectivity index (χ0n) is 10.2. The molecular weight excluding hydrogens is 252 g/mol. The number of hydrogen-bond donors (Lipinski definition) is 0. The Morgan fingerprint density at radius 3 is 2.33 bits per heavy atom. The van der Waals surface area contributed by atoms with Gasteiger partial charge in [-0.1, -0.05) is 23.7 Å². The van der Waals surface area contributed by atoms with E-state index in [0.717, 1.165) is 16.3 Å². The summed E-state index contributed by atoms with van der Waals surface area (Å²) < 4.78 is 10.2. The first-order chi connectivity index (χ1) is 8.72. The predicted molar refractivity (Wildman–Crippen MR) is 69.4 cm³/mol. The Morgan fingerprint density at radius 2 is 1.72 bits per heavy atom. The van der Waals surface area contributed by atoms with E-state index >= 15 is 0 Å². The normalized spacial score (nSPS) is 10.2. The van der Waals surface area contributed by atoms with Crippen molar-refractivity contribution in [1.82, 2.24) is 9.97 Å². The average Bonchev–Trinajstić information content (AvgIpc) is 2.41. The van der Waals surface area contributed by atoms with Crippen molar-refractivity contribution in [1.29, 1.82) is 0 Å². The first-order valence-corrected chi connectivity index (χ1v) is 5.79. The third-order valence-corrected chi connectivity index (χ3v) is 2.70. The molecule has 0 fully saturated rings. The molecule has 0 atom stereocenters. The van der Waals surface area contributed by atoms with Crippen molar-refractivity contribution in [2.45, 2.75) is 6.42 Å². The summed E-state index contributed by atoms with van der Waals surface area (Å²) >= 11 is 5.84. The Balaban J connectivity index is 2.21. The highest BCUT2D eigenvalue weighted by atomic mass is 35.5. The molecule has 0 aliphatic heterocycles. The van der Waals surface area contributed by atoms with Gasteiger partial charge in [0.1, 0.15) is 0 Å². The van der Waals surface area contributed by atoms with Gasteiger partial charge >= 0.3 is 0 Å². The molecule has 1 aromatic heterocycles. The second-order valence-corrected chi connectivity index (χ2v) is 4.12. The van der Waals surface area contributed by atoms with Crippen LogP contribution in [0.2, 0.25) is 5.02 Å². The summed E-state index contributed by atoms with van der Waals surface area (Å²) in [7, 11) is 3.07. The van der Waals surface area contributed by atoms with E-state index in [2.05, 4.69) is 9.97 Å². The molecule has 0 saturated carbocycles. The van der Waals surface area contributed by atoms with Crippen molar-refractivity contribution >= 4 is 11.6 Å². The number of methoxy groups -OCH3 is 2. The van der Waals surface area contributed by atoms with Gasteiger partial charge in [-0.2, -0.15) is 0 Å². The van der Waals surface area contributed by atoms with Crippen molar-refractivity contribution in [3.8, 4) is 11.8 Å². The zero-order valence-corrected chi connectivity index (χ0v) is 10.9. The molecule has 5 heteroatoms. The van der Waals surface area contributed by atoms with E-state index < -0.39 is 0 Å². The van der Waals surface area contributed by atoms with Gasteiger partial charge in [0.15, 0.2) is 0 Å². The Labute approximate surface area is 111 Å². The van der Waals surface area contributed by atoms with Crippen LogP contribution in [-0.4, -0.2) is 24.2 Å². The van der Waals surface area contributed by atoms with Crippen LogP contribution in [0.4, 0.5) is 0 Å². The lowest BCUT2D eigenvalue weighted by Crippen LogP contribution is -2.00. The number of nitrogens with zero attached hydrogens (tertiary/aromatic N) is 2. The van der Waals surface area contributed by atoms with E-state index in [1.807, 2.05) is 24.3 Å². The summed E-state index contributed by atoms with van der Waals surface area (Å²) in [5.41, 5.74) is 1.93. The predicted octanol–water partition coefficient (Wildman–Crippen LogP) is 2.74. The molecule has 0 bridgehead atoms. The first kappa shape index (κ1) is 12.6. The molecule has 2 rings (SSSR count). The second-order valence-electron chi connectivity index (χ2n) is 3.68. The molecule has 0 unspecified atom stereocenters. The van der Waals surface area contributed by atoms with E-state index in [0.29, 0.717) is 18.2 Å². The zero-order chi connectivity index (χ0) is 13.0. The van der Waals surface area contributed by atoms with Crippen LogP contribution in [0.3, 0.4) is 0 Å². The summed E-state index contributed by atoms with van der Waals surface area (Å²) in [6.07, 6.45) is 2.35. The van der Waals surface area contributed by atoms with Gasteiger partial charge in [0.25, 0.3) is 11.8 Å². The van der Waals surface area contributed by atoms with Crippen molar-refractivity contribution in [3.05, 3.63) is 46.7 Å². The highest BCUT2D eigenvalue weighted by Gasteiger charge is 2.08. The van der Waals surface area contributed by atoms with E-state index in [9.17, 15) is 0 Å². The number of ether oxygens (including phenoxy) is 2. The van der Waals surface area contributed by atoms with Gasteiger partial charge in [-0.3, -0.25) is 0 Å². The monoisotopic (exact) mass is 264 g/mol. The molecule has 0 spiro atoms. The van der Waals surface area contributed by atoms with Crippen LogP contribution in [-0.2, 0) is 6.42 Å². The number of hydrogen-bond acceptors (Lipinski definition) is 4. The summed E-state index contributed by atoms with van der Waals surface area (Å²) in [5.74, 6) is 0.779.